The van der Waals surface area contributed by atoms with E-state index in [0.717, 1.165) is 22.3 Å². The molecule has 0 heterocycles. The Bertz CT molecular complexity index is 534. The smallest absolute Gasteiger partial charge is 1.00 e. The van der Waals surface area contributed by atoms with Crippen LogP contribution >= 0.6 is 0 Å². The Labute approximate surface area is 153 Å². The quantitative estimate of drug-likeness (QED) is 0.447. The molecule has 82 valence electrons. The Balaban J connectivity index is 0. The molecular weight excluding hydrogens is 246 g/mol. The van der Waals surface area contributed by atoms with Crippen LogP contribution in [0, 0.1) is 0 Å². The van der Waals surface area contributed by atoms with Crippen molar-refractivity contribution in [1.29, 1.82) is 0 Å². The summed E-state index contributed by atoms with van der Waals surface area (Å²) >= 11 is 0. The summed E-state index contributed by atoms with van der Waals surface area (Å²) in [5, 5.41) is 0. The second-order valence-corrected chi connectivity index (χ2v) is 4.20. The molecule has 1 aromatic rings. The Morgan fingerprint density at radius 2 is 1.17 bits per heavy atom. The van der Waals surface area contributed by atoms with Gasteiger partial charge >= 0.3 is 59.1 Å². The number of ketones is 2. The van der Waals surface area contributed by atoms with Crippen LogP contribution in [0.1, 0.15) is 25.1 Å². The van der Waals surface area contributed by atoms with Crippen molar-refractivity contribution in [2.45, 2.75) is 12.8 Å². The molecule has 0 saturated carbocycles. The summed E-state index contributed by atoms with van der Waals surface area (Å²) in [6.07, 6.45) is 7.85. The molecule has 0 aliphatic heterocycles. The zero-order valence-corrected chi connectivity index (χ0v) is 14.7. The van der Waals surface area contributed by atoms with Gasteiger partial charge in [-0.05, 0) is 40.5 Å². The molecule has 0 atom stereocenters. The van der Waals surface area contributed by atoms with Gasteiger partial charge in [0.15, 0.2) is 11.6 Å². The predicted octanol–water partition coefficient (Wildman–Crippen LogP) is -3.80. The molecule has 0 fully saturated rings. The fourth-order valence-corrected chi connectivity index (χ4v) is 2.21. The average molecular weight is 258 g/mol. The first-order chi connectivity index (χ1) is 7.72. The third-order valence-electron chi connectivity index (χ3n) is 3.03. The number of carbonyl (C=O) groups excluding carboxylic acids is 2. The van der Waals surface area contributed by atoms with Crippen LogP contribution in [0.4, 0.5) is 0 Å². The van der Waals surface area contributed by atoms with Crippen LogP contribution < -0.4 is 59.1 Å². The van der Waals surface area contributed by atoms with Crippen LogP contribution in [0.15, 0.2) is 24.3 Å². The molecule has 0 radical (unpaired) electrons. The maximum Gasteiger partial charge on any atom is 1.00 e. The first-order valence-electron chi connectivity index (χ1n) is 5.30. The van der Waals surface area contributed by atoms with Crippen LogP contribution in [0.3, 0.4) is 0 Å². The zero-order valence-electron chi connectivity index (χ0n) is 12.7. The van der Waals surface area contributed by atoms with Crippen LogP contribution in [0.2, 0.25) is 0 Å². The molecule has 0 N–H and O–H groups in total. The van der Waals surface area contributed by atoms with Crippen molar-refractivity contribution >= 4 is 23.7 Å². The van der Waals surface area contributed by atoms with E-state index in [9.17, 15) is 9.59 Å². The van der Waals surface area contributed by atoms with Gasteiger partial charge in [0.05, 0.1) is 0 Å². The summed E-state index contributed by atoms with van der Waals surface area (Å²) in [7, 11) is 0. The molecular formula is C14H12Na2O2. The molecule has 3 rings (SSSR count). The SMILES string of the molecule is O=C1C=Cc2cc3c(cc2C1)CC(=O)C=C3.[H-].[H-].[Na+].[Na+]. The van der Waals surface area contributed by atoms with Crippen molar-refractivity contribution < 1.29 is 71.6 Å². The van der Waals surface area contributed by atoms with Crippen molar-refractivity contribution in [3.05, 3.63) is 46.5 Å². The van der Waals surface area contributed by atoms with Gasteiger partial charge in [-0.1, -0.05) is 18.2 Å². The second-order valence-electron chi connectivity index (χ2n) is 4.20. The second kappa shape index (κ2) is 6.47. The van der Waals surface area contributed by atoms with E-state index in [1.807, 2.05) is 18.2 Å². The standard InChI is InChI=1S/C14H10O2.2Na.2H/c15-13-3-1-9-5-10-2-4-14(16)8-12(10)6-11(9)7-13;;;;/h1-6H,7-8H2;;;;/q;2*+1;2*-1. The van der Waals surface area contributed by atoms with E-state index in [4.69, 9.17) is 0 Å². The van der Waals surface area contributed by atoms with Gasteiger partial charge in [0.2, 0.25) is 0 Å². The van der Waals surface area contributed by atoms with E-state index in [-0.39, 0.29) is 73.5 Å². The normalized spacial score (nSPS) is 15.3. The largest absolute Gasteiger partial charge is 1.00 e. The van der Waals surface area contributed by atoms with Gasteiger partial charge in [0.25, 0.3) is 0 Å². The van der Waals surface area contributed by atoms with Gasteiger partial charge in [0.1, 0.15) is 0 Å². The Morgan fingerprint density at radius 3 is 1.61 bits per heavy atom. The van der Waals surface area contributed by atoms with E-state index in [0.29, 0.717) is 12.8 Å². The van der Waals surface area contributed by atoms with Gasteiger partial charge in [0, 0.05) is 12.8 Å². The van der Waals surface area contributed by atoms with Gasteiger partial charge < -0.3 is 2.85 Å². The molecule has 0 amide bonds. The summed E-state index contributed by atoms with van der Waals surface area (Å²) in [5.41, 5.74) is 4.26. The minimum Gasteiger partial charge on any atom is -1.00 e. The van der Waals surface area contributed by atoms with Crippen molar-refractivity contribution in [3.8, 4) is 0 Å². The summed E-state index contributed by atoms with van der Waals surface area (Å²) < 4.78 is 0. The fourth-order valence-electron chi connectivity index (χ4n) is 2.21. The molecule has 0 unspecified atom stereocenters. The number of benzene rings is 1. The summed E-state index contributed by atoms with van der Waals surface area (Å²) in [4.78, 5) is 22.6. The topological polar surface area (TPSA) is 34.1 Å². The van der Waals surface area contributed by atoms with Gasteiger partial charge in [-0.2, -0.15) is 0 Å². The molecule has 4 heteroatoms. The molecule has 1 aromatic carbocycles. The van der Waals surface area contributed by atoms with Crippen LogP contribution in [0.25, 0.3) is 12.2 Å². The van der Waals surface area contributed by atoms with E-state index in [1.54, 1.807) is 12.2 Å². The molecule has 0 saturated heterocycles. The molecule has 18 heavy (non-hydrogen) atoms. The summed E-state index contributed by atoms with van der Waals surface area (Å²) in [6.45, 7) is 0. The molecule has 2 aliphatic rings. The monoisotopic (exact) mass is 258 g/mol. The van der Waals surface area contributed by atoms with Gasteiger partial charge in [-0.3, -0.25) is 9.59 Å². The number of carbonyl (C=O) groups is 2. The Hall–Kier alpha value is 0.0400. The van der Waals surface area contributed by atoms with Crippen molar-refractivity contribution in [2.24, 2.45) is 0 Å². The van der Waals surface area contributed by atoms with E-state index in [1.165, 1.54) is 0 Å². The molecule has 0 bridgehead atoms. The molecule has 0 spiro atoms. The molecule has 0 aromatic heterocycles. The van der Waals surface area contributed by atoms with Crippen molar-refractivity contribution in [3.63, 3.8) is 0 Å². The van der Waals surface area contributed by atoms with E-state index in [2.05, 4.69) is 6.07 Å². The Kier molecular flexibility index (Phi) is 5.78. The number of allylic oxidation sites excluding steroid dienone is 2. The number of hydrogen-bond donors (Lipinski definition) is 0. The number of hydrogen-bond acceptors (Lipinski definition) is 2. The minimum absolute atomic E-state index is 0. The average Bonchev–Trinajstić information content (AvgIpc) is 2.26. The predicted molar refractivity (Wildman–Crippen MR) is 64.2 cm³/mol. The Morgan fingerprint density at radius 1 is 0.722 bits per heavy atom. The minimum atomic E-state index is 0. The van der Waals surface area contributed by atoms with Crippen molar-refractivity contribution in [2.75, 3.05) is 0 Å². The molecule has 2 nitrogen and oxygen atoms in total. The third-order valence-corrected chi connectivity index (χ3v) is 3.03. The van der Waals surface area contributed by atoms with Crippen LogP contribution in [-0.4, -0.2) is 11.6 Å². The van der Waals surface area contributed by atoms with Gasteiger partial charge in [-0.25, -0.2) is 0 Å². The summed E-state index contributed by atoms with van der Waals surface area (Å²) in [5.74, 6) is 0.259. The maximum absolute atomic E-state index is 11.3. The first-order valence-corrected chi connectivity index (χ1v) is 5.30. The summed E-state index contributed by atoms with van der Waals surface area (Å²) in [6, 6.07) is 4.05. The number of rotatable bonds is 0. The van der Waals surface area contributed by atoms with Crippen LogP contribution in [-0.2, 0) is 22.4 Å². The maximum atomic E-state index is 11.3. The van der Waals surface area contributed by atoms with Crippen LogP contribution in [0.5, 0.6) is 0 Å². The fraction of sp³-hybridized carbons (Fsp3) is 0.143. The van der Waals surface area contributed by atoms with E-state index >= 15 is 0 Å². The van der Waals surface area contributed by atoms with E-state index < -0.39 is 0 Å². The first kappa shape index (κ1) is 16.1. The number of fused-ring (bicyclic) bond motifs is 2. The van der Waals surface area contributed by atoms with Gasteiger partial charge in [-0.15, -0.1) is 0 Å². The zero-order chi connectivity index (χ0) is 11.1. The molecule has 2 aliphatic carbocycles. The third kappa shape index (κ3) is 3.13. The van der Waals surface area contributed by atoms with Crippen molar-refractivity contribution in [1.82, 2.24) is 0 Å².